The van der Waals surface area contributed by atoms with Gasteiger partial charge in [0, 0.05) is 0 Å². The number of hydrogen-bond acceptors (Lipinski definition) is 0. The molecule has 282 valence electrons. The Balaban J connectivity index is 0.000000174. The topological polar surface area (TPSA) is 0 Å². The average molecular weight is 811 g/mol. The molecule has 0 saturated heterocycles. The molecule has 0 fully saturated rings. The van der Waals surface area contributed by atoms with E-state index >= 15 is 0 Å². The highest BCUT2D eigenvalue weighted by atomic mass is 31.1. The summed E-state index contributed by atoms with van der Waals surface area (Å²) >= 11 is 0. The van der Waals surface area contributed by atoms with E-state index in [9.17, 15) is 0 Å². The third-order valence-corrected chi connectivity index (χ3v) is 20.4. The van der Waals surface area contributed by atoms with Crippen LogP contribution in [0.25, 0.3) is 0 Å². The summed E-state index contributed by atoms with van der Waals surface area (Å²) in [7, 11) is -1.31. The summed E-state index contributed by atoms with van der Waals surface area (Å²) in [5, 5.41) is 11.8. The van der Waals surface area contributed by atoms with E-state index in [1.54, 1.807) is 0 Å². The molecule has 0 aliphatic carbocycles. The van der Waals surface area contributed by atoms with Crippen LogP contribution in [-0.2, 0) is 0 Å². The molecule has 0 heterocycles. The van der Waals surface area contributed by atoms with Gasteiger partial charge in [-0.2, -0.15) is 0 Å². The van der Waals surface area contributed by atoms with Crippen LogP contribution < -0.4 is 42.4 Å². The lowest BCUT2D eigenvalue weighted by molar-refractivity contribution is 1.11. The Morgan fingerprint density at radius 2 is 0.316 bits per heavy atom. The van der Waals surface area contributed by atoms with Crippen molar-refractivity contribution in [3.63, 3.8) is 0 Å². The maximum absolute atomic E-state index is 2.30. The Kier molecular flexibility index (Phi) is 16.0. The van der Waals surface area contributed by atoms with E-state index in [1.165, 1.54) is 73.5 Å². The van der Waals surface area contributed by atoms with Gasteiger partial charge < -0.3 is 0 Å². The minimum atomic E-state index is -0.348. The lowest BCUT2D eigenvalue weighted by Crippen LogP contribution is -2.19. The van der Waals surface area contributed by atoms with Crippen molar-refractivity contribution in [2.24, 2.45) is 0 Å². The van der Waals surface area contributed by atoms with Crippen LogP contribution in [0, 0.1) is 0 Å². The summed E-state index contributed by atoms with van der Waals surface area (Å²) in [6, 6.07) is 88.5. The zero-order chi connectivity index (χ0) is 38.7. The lowest BCUT2D eigenvalue weighted by Gasteiger charge is -2.24. The third-order valence-electron chi connectivity index (χ3n) is 9.85. The molecule has 0 atom stereocenters. The van der Waals surface area contributed by atoms with Gasteiger partial charge in [-0.05, 0) is 105 Å². The highest BCUT2D eigenvalue weighted by Crippen LogP contribution is 2.42. The molecule has 0 nitrogen and oxygen atoms in total. The third kappa shape index (κ3) is 12.0. The van der Waals surface area contributed by atoms with E-state index in [0.717, 1.165) is 0 Å². The van der Waals surface area contributed by atoms with Crippen LogP contribution in [0.2, 0.25) is 0 Å². The molecule has 0 N–H and O–H groups in total. The first-order valence-corrected chi connectivity index (χ1v) is 25.9. The van der Waals surface area contributed by atoms with E-state index in [-0.39, 0.29) is 31.7 Å². The summed E-state index contributed by atoms with van der Waals surface area (Å²) in [6.07, 6.45) is 6.13. The molecule has 0 bridgehead atoms. The molecule has 0 aliphatic rings. The van der Waals surface area contributed by atoms with Gasteiger partial charge in [0.15, 0.2) is 0 Å². The molecule has 0 saturated carbocycles. The SMILES string of the molecule is c1ccc(P(CCCP(c2ccccc2)c2ccccc2)c2ccccc2)cc1.c1ccc(P(CCP(c2ccccc2)c2ccccc2)c2ccccc2)cc1. The number of benzene rings is 8. The van der Waals surface area contributed by atoms with Crippen molar-refractivity contribution < 1.29 is 0 Å². The summed E-state index contributed by atoms with van der Waals surface area (Å²) in [5.74, 6) is 0. The zero-order valence-corrected chi connectivity index (χ0v) is 36.0. The van der Waals surface area contributed by atoms with E-state index in [4.69, 9.17) is 0 Å². The maximum Gasteiger partial charge on any atom is -0.0195 e. The van der Waals surface area contributed by atoms with Crippen LogP contribution >= 0.6 is 31.7 Å². The Hall–Kier alpha value is -4.52. The molecule has 0 aliphatic heterocycles. The molecular weight excluding hydrogens is 760 g/mol. The predicted molar refractivity (Wildman–Crippen MR) is 260 cm³/mol. The molecule has 8 aromatic carbocycles. The molecule has 8 aromatic rings. The van der Waals surface area contributed by atoms with Gasteiger partial charge >= 0.3 is 0 Å². The smallest absolute Gasteiger partial charge is 0.0195 e. The minimum absolute atomic E-state index is 0.309. The van der Waals surface area contributed by atoms with Crippen molar-refractivity contribution in [2.75, 3.05) is 24.6 Å². The van der Waals surface area contributed by atoms with Gasteiger partial charge in [0.25, 0.3) is 0 Å². The van der Waals surface area contributed by atoms with Gasteiger partial charge in [0.05, 0.1) is 0 Å². The summed E-state index contributed by atoms with van der Waals surface area (Å²) in [6.45, 7) is 0. The summed E-state index contributed by atoms with van der Waals surface area (Å²) < 4.78 is 0. The first-order valence-electron chi connectivity index (χ1n) is 19.8. The number of rotatable bonds is 15. The van der Waals surface area contributed by atoms with E-state index in [2.05, 4.69) is 243 Å². The van der Waals surface area contributed by atoms with Crippen molar-refractivity contribution in [3.8, 4) is 0 Å². The first-order chi connectivity index (χ1) is 28.3. The van der Waals surface area contributed by atoms with Crippen LogP contribution in [0.3, 0.4) is 0 Å². The Bertz CT molecular complexity index is 1930. The highest BCUT2D eigenvalue weighted by Gasteiger charge is 2.20. The summed E-state index contributed by atoms with van der Waals surface area (Å²) in [4.78, 5) is 0. The second-order valence-electron chi connectivity index (χ2n) is 13.6. The van der Waals surface area contributed by atoms with Gasteiger partial charge in [-0.15, -0.1) is 0 Å². The molecule has 8 rings (SSSR count). The first kappa shape index (κ1) is 40.7. The standard InChI is InChI=1S/C27H26P2.C26H24P2/c1-5-14-24(15-6-1)28(25-16-7-2-8-17-25)22-13-23-29(26-18-9-3-10-19-26)27-20-11-4-12-21-27;1-5-13-23(14-6-1)27(24-15-7-2-8-16-24)21-22-28(25-17-9-3-10-18-25)26-19-11-4-12-20-26/h1-12,14-21H,13,22-23H2;1-20H,21-22H2. The maximum atomic E-state index is 2.30. The molecule has 4 heteroatoms. The van der Waals surface area contributed by atoms with Gasteiger partial charge in [-0.25, -0.2) is 0 Å². The van der Waals surface area contributed by atoms with Crippen molar-refractivity contribution in [1.82, 2.24) is 0 Å². The molecule has 57 heavy (non-hydrogen) atoms. The predicted octanol–water partition coefficient (Wildman–Crippen LogP) is 10.9. The Morgan fingerprint density at radius 1 is 0.175 bits per heavy atom. The van der Waals surface area contributed by atoms with E-state index < -0.39 is 0 Å². The Labute approximate surface area is 346 Å². The van der Waals surface area contributed by atoms with Crippen LogP contribution in [0.15, 0.2) is 243 Å². The van der Waals surface area contributed by atoms with E-state index in [0.29, 0.717) is 0 Å². The molecule has 0 aromatic heterocycles. The average Bonchev–Trinajstić information content (AvgIpc) is 3.30. The second kappa shape index (κ2) is 22.4. The molecule has 0 radical (unpaired) electrons. The van der Waals surface area contributed by atoms with Crippen LogP contribution in [0.4, 0.5) is 0 Å². The summed E-state index contributed by atoms with van der Waals surface area (Å²) in [5.41, 5.74) is 0. The van der Waals surface area contributed by atoms with Crippen LogP contribution in [0.5, 0.6) is 0 Å². The largest absolute Gasteiger partial charge is 0.0622 e. The van der Waals surface area contributed by atoms with Gasteiger partial charge in [0.2, 0.25) is 0 Å². The molecule has 0 amide bonds. The fourth-order valence-electron chi connectivity index (χ4n) is 7.08. The van der Waals surface area contributed by atoms with Crippen molar-refractivity contribution in [1.29, 1.82) is 0 Å². The van der Waals surface area contributed by atoms with E-state index in [1.807, 2.05) is 0 Å². The van der Waals surface area contributed by atoms with Crippen molar-refractivity contribution in [3.05, 3.63) is 243 Å². The zero-order valence-electron chi connectivity index (χ0n) is 32.4. The van der Waals surface area contributed by atoms with Crippen molar-refractivity contribution >= 4 is 74.1 Å². The van der Waals surface area contributed by atoms with Crippen LogP contribution in [0.1, 0.15) is 6.42 Å². The number of hydrogen-bond donors (Lipinski definition) is 0. The molecule has 0 unspecified atom stereocenters. The second-order valence-corrected chi connectivity index (χ2v) is 23.0. The van der Waals surface area contributed by atoms with Gasteiger partial charge in [0.1, 0.15) is 0 Å². The highest BCUT2D eigenvalue weighted by molar-refractivity contribution is 7.76. The lowest BCUT2D eigenvalue weighted by atomic mass is 10.4. The quantitative estimate of drug-likeness (QED) is 0.0905. The van der Waals surface area contributed by atoms with Gasteiger partial charge in [-0.3, -0.25) is 0 Å². The van der Waals surface area contributed by atoms with Crippen molar-refractivity contribution in [2.45, 2.75) is 6.42 Å². The fraction of sp³-hybridized carbons (Fsp3) is 0.0943. The molecule has 0 spiro atoms. The van der Waals surface area contributed by atoms with Gasteiger partial charge in [-0.1, -0.05) is 243 Å². The normalized spacial score (nSPS) is 11.1. The van der Waals surface area contributed by atoms with Crippen LogP contribution in [-0.4, -0.2) is 24.6 Å². The molecular formula is C53H50P4. The Morgan fingerprint density at radius 3 is 0.474 bits per heavy atom. The monoisotopic (exact) mass is 810 g/mol. The minimum Gasteiger partial charge on any atom is -0.0622 e. The fourth-order valence-corrected chi connectivity index (χ4v) is 17.4.